The Morgan fingerprint density at radius 3 is 2.76 bits per heavy atom. The van der Waals surface area contributed by atoms with Gasteiger partial charge in [-0.3, -0.25) is 0 Å². The fraction of sp³-hybridized carbons (Fsp3) is 0.400. The first-order valence-corrected chi connectivity index (χ1v) is 7.86. The van der Waals surface area contributed by atoms with Gasteiger partial charge in [-0.15, -0.1) is 11.3 Å². The molecule has 0 fully saturated rings. The third-order valence-corrected chi connectivity index (χ3v) is 4.45. The van der Waals surface area contributed by atoms with Crippen LogP contribution in [0.5, 0.6) is 0 Å². The first-order chi connectivity index (χ1) is 10.0. The summed E-state index contributed by atoms with van der Waals surface area (Å²) >= 11 is 1.73. The molecule has 21 heavy (non-hydrogen) atoms. The van der Waals surface area contributed by atoms with Crippen LogP contribution >= 0.6 is 11.3 Å². The lowest BCUT2D eigenvalue weighted by Crippen LogP contribution is -2.04. The number of pyridine rings is 1. The number of nitrogens with one attached hydrogen (secondary N) is 1. The van der Waals surface area contributed by atoms with Gasteiger partial charge in [-0.25, -0.2) is 14.6 Å². The fourth-order valence-corrected chi connectivity index (χ4v) is 3.21. The predicted octanol–water partition coefficient (Wildman–Crippen LogP) is 3.70. The first-order valence-electron chi connectivity index (χ1n) is 7.04. The molecule has 0 saturated carbocycles. The highest BCUT2D eigenvalue weighted by Crippen LogP contribution is 2.21. The van der Waals surface area contributed by atoms with Crippen molar-refractivity contribution in [2.45, 2.75) is 40.3 Å². The molecule has 0 spiro atoms. The minimum Gasteiger partial charge on any atom is -0.379 e. The maximum absolute atomic E-state index is 4.53. The van der Waals surface area contributed by atoms with Crippen molar-refractivity contribution in [1.82, 2.24) is 19.7 Å². The second-order valence-corrected chi connectivity index (χ2v) is 6.70. The average molecular weight is 301 g/mol. The first kappa shape index (κ1) is 14.0. The van der Waals surface area contributed by atoms with Crippen molar-refractivity contribution in [3.8, 4) is 0 Å². The monoisotopic (exact) mass is 301 g/mol. The van der Waals surface area contributed by atoms with Gasteiger partial charge in [0.1, 0.15) is 0 Å². The predicted molar refractivity (Wildman–Crippen MR) is 86.8 cm³/mol. The van der Waals surface area contributed by atoms with Crippen LogP contribution in [0.2, 0.25) is 0 Å². The molecule has 3 heterocycles. The minimum atomic E-state index is 0.316. The molecule has 3 aromatic rings. The number of hydrogen-bond acceptors (Lipinski definition) is 5. The second-order valence-electron chi connectivity index (χ2n) is 5.41. The van der Waals surface area contributed by atoms with Gasteiger partial charge in [0.15, 0.2) is 5.65 Å². The Morgan fingerprint density at radius 2 is 2.10 bits per heavy atom. The summed E-state index contributed by atoms with van der Waals surface area (Å²) < 4.78 is 1.94. The zero-order valence-electron chi connectivity index (χ0n) is 12.7. The number of aryl methyl sites for hydroxylation is 2. The van der Waals surface area contributed by atoms with Crippen molar-refractivity contribution in [1.29, 1.82) is 0 Å². The molecule has 0 aliphatic heterocycles. The van der Waals surface area contributed by atoms with Crippen LogP contribution in [0.15, 0.2) is 18.5 Å². The van der Waals surface area contributed by atoms with Crippen LogP contribution < -0.4 is 5.32 Å². The molecule has 110 valence electrons. The van der Waals surface area contributed by atoms with E-state index in [-0.39, 0.29) is 0 Å². The number of thiazole rings is 1. The van der Waals surface area contributed by atoms with E-state index in [9.17, 15) is 0 Å². The Morgan fingerprint density at radius 1 is 1.29 bits per heavy atom. The molecule has 0 saturated heterocycles. The van der Waals surface area contributed by atoms with E-state index in [2.05, 4.69) is 47.2 Å². The number of hydrogen-bond donors (Lipinski definition) is 1. The lowest BCUT2D eigenvalue weighted by Gasteiger charge is -2.08. The molecule has 0 aromatic carbocycles. The van der Waals surface area contributed by atoms with E-state index in [4.69, 9.17) is 0 Å². The van der Waals surface area contributed by atoms with Crippen molar-refractivity contribution < 1.29 is 0 Å². The van der Waals surface area contributed by atoms with E-state index in [0.717, 1.165) is 34.0 Å². The Kier molecular flexibility index (Phi) is 3.63. The smallest absolute Gasteiger partial charge is 0.158 e. The zero-order valence-corrected chi connectivity index (χ0v) is 13.5. The molecule has 0 aliphatic carbocycles. The summed E-state index contributed by atoms with van der Waals surface area (Å²) in [6.45, 7) is 9.08. The molecule has 0 radical (unpaired) electrons. The molecule has 6 heteroatoms. The molecular weight excluding hydrogens is 282 g/mol. The highest BCUT2D eigenvalue weighted by molar-refractivity contribution is 7.11. The van der Waals surface area contributed by atoms with E-state index in [1.54, 1.807) is 11.3 Å². The van der Waals surface area contributed by atoms with Gasteiger partial charge in [-0.2, -0.15) is 5.10 Å². The number of aromatic nitrogens is 4. The highest BCUT2D eigenvalue weighted by Gasteiger charge is 2.08. The van der Waals surface area contributed by atoms with Gasteiger partial charge < -0.3 is 5.32 Å². The van der Waals surface area contributed by atoms with Gasteiger partial charge in [0.2, 0.25) is 0 Å². The van der Waals surface area contributed by atoms with Gasteiger partial charge >= 0.3 is 0 Å². The van der Waals surface area contributed by atoms with Gasteiger partial charge in [-0.1, -0.05) is 0 Å². The molecule has 0 bridgehead atoms. The molecule has 3 aromatic heterocycles. The molecule has 5 nitrogen and oxygen atoms in total. The average Bonchev–Trinajstić information content (AvgIpc) is 2.99. The van der Waals surface area contributed by atoms with Gasteiger partial charge in [0.05, 0.1) is 35.3 Å². The molecule has 0 aliphatic rings. The second kappa shape index (κ2) is 5.44. The fourth-order valence-electron chi connectivity index (χ4n) is 2.33. The minimum absolute atomic E-state index is 0.316. The Bertz CT molecular complexity index is 772. The third-order valence-electron chi connectivity index (χ3n) is 3.38. The van der Waals surface area contributed by atoms with E-state index >= 15 is 0 Å². The van der Waals surface area contributed by atoms with Crippen molar-refractivity contribution in [3.63, 3.8) is 0 Å². The topological polar surface area (TPSA) is 55.6 Å². The molecule has 1 N–H and O–H groups in total. The van der Waals surface area contributed by atoms with Crippen LogP contribution in [0.1, 0.15) is 35.5 Å². The zero-order chi connectivity index (χ0) is 15.0. The summed E-state index contributed by atoms with van der Waals surface area (Å²) in [5.74, 6) is 0. The van der Waals surface area contributed by atoms with Crippen LogP contribution in [-0.4, -0.2) is 19.7 Å². The lowest BCUT2D eigenvalue weighted by molar-refractivity contribution is 0.546. The van der Waals surface area contributed by atoms with Crippen molar-refractivity contribution in [2.75, 3.05) is 5.32 Å². The Balaban J connectivity index is 1.80. The number of anilines is 1. The van der Waals surface area contributed by atoms with E-state index in [0.29, 0.717) is 6.04 Å². The number of rotatable bonds is 4. The normalized spacial score (nSPS) is 11.5. The Hall–Kier alpha value is -1.95. The van der Waals surface area contributed by atoms with Crippen molar-refractivity contribution in [2.24, 2.45) is 0 Å². The molecule has 0 unspecified atom stereocenters. The van der Waals surface area contributed by atoms with Gasteiger partial charge in [0, 0.05) is 16.3 Å². The largest absolute Gasteiger partial charge is 0.379 e. The molecule has 3 rings (SSSR count). The van der Waals surface area contributed by atoms with E-state index in [1.165, 1.54) is 4.88 Å². The van der Waals surface area contributed by atoms with Crippen LogP contribution in [0, 0.1) is 13.8 Å². The Labute approximate surface area is 128 Å². The summed E-state index contributed by atoms with van der Waals surface area (Å²) in [4.78, 5) is 10.2. The summed E-state index contributed by atoms with van der Waals surface area (Å²) in [7, 11) is 0. The van der Waals surface area contributed by atoms with Crippen LogP contribution in [0.25, 0.3) is 11.0 Å². The van der Waals surface area contributed by atoms with Crippen molar-refractivity contribution in [3.05, 3.63) is 34.0 Å². The van der Waals surface area contributed by atoms with Crippen LogP contribution in [0.4, 0.5) is 5.69 Å². The van der Waals surface area contributed by atoms with Gasteiger partial charge in [-0.05, 0) is 33.8 Å². The number of fused-ring (bicyclic) bond motifs is 1. The van der Waals surface area contributed by atoms with E-state index < -0.39 is 0 Å². The number of nitrogens with zero attached hydrogens (tertiary/aromatic N) is 4. The summed E-state index contributed by atoms with van der Waals surface area (Å²) in [5, 5.41) is 9.98. The summed E-state index contributed by atoms with van der Waals surface area (Å²) in [6.07, 6.45) is 3.74. The standard InChI is InChI=1S/C15H19N5S/c1-9(2)20-15-12(6-18-20)5-13(7-17-15)16-8-14-10(3)19-11(4)21-14/h5-7,9,16H,8H2,1-4H3. The van der Waals surface area contributed by atoms with E-state index in [1.807, 2.05) is 24.0 Å². The third kappa shape index (κ3) is 2.76. The molecular formula is C15H19N5S. The molecule has 0 amide bonds. The molecule has 0 atom stereocenters. The quantitative estimate of drug-likeness (QED) is 0.798. The summed E-state index contributed by atoms with van der Waals surface area (Å²) in [5.41, 5.74) is 3.04. The van der Waals surface area contributed by atoms with Crippen LogP contribution in [-0.2, 0) is 6.54 Å². The highest BCUT2D eigenvalue weighted by atomic mass is 32.1. The van der Waals surface area contributed by atoms with Crippen molar-refractivity contribution >= 4 is 28.1 Å². The summed E-state index contributed by atoms with van der Waals surface area (Å²) in [6, 6.07) is 2.41. The SMILES string of the molecule is Cc1nc(C)c(CNc2cnc3c(cnn3C(C)C)c2)s1. The van der Waals surface area contributed by atoms with Gasteiger partial charge in [0.25, 0.3) is 0 Å². The lowest BCUT2D eigenvalue weighted by atomic mass is 10.3. The van der Waals surface area contributed by atoms with Crippen LogP contribution in [0.3, 0.4) is 0 Å². The maximum atomic E-state index is 4.53. The maximum Gasteiger partial charge on any atom is 0.158 e.